The lowest BCUT2D eigenvalue weighted by Gasteiger charge is -2.28. The maximum Gasteiger partial charge on any atom is 0.389 e. The van der Waals surface area contributed by atoms with Gasteiger partial charge in [-0.2, -0.15) is 13.2 Å². The van der Waals surface area contributed by atoms with E-state index in [4.69, 9.17) is 10.5 Å². The summed E-state index contributed by atoms with van der Waals surface area (Å²) in [5.41, 5.74) is 5.79. The largest absolute Gasteiger partial charge is 0.389 e. The smallest absolute Gasteiger partial charge is 0.377 e. The number of hydrogen-bond donors (Lipinski definition) is 1. The number of rotatable bonds is 4. The number of halogens is 3. The van der Waals surface area contributed by atoms with Gasteiger partial charge in [0.25, 0.3) is 0 Å². The van der Waals surface area contributed by atoms with Crippen molar-refractivity contribution in [2.45, 2.75) is 56.8 Å². The van der Waals surface area contributed by atoms with E-state index in [0.717, 1.165) is 19.3 Å². The first-order valence-corrected chi connectivity index (χ1v) is 5.43. The molecule has 15 heavy (non-hydrogen) atoms. The normalized spacial score (nSPS) is 25.2. The van der Waals surface area contributed by atoms with Crippen molar-refractivity contribution < 1.29 is 17.9 Å². The molecule has 5 heteroatoms. The Hall–Kier alpha value is -0.290. The average molecular weight is 225 g/mol. The van der Waals surface area contributed by atoms with E-state index in [1.165, 1.54) is 0 Å². The summed E-state index contributed by atoms with van der Waals surface area (Å²) in [4.78, 5) is 0. The zero-order chi connectivity index (χ0) is 11.3. The van der Waals surface area contributed by atoms with Crippen LogP contribution in [0.3, 0.4) is 0 Å². The Morgan fingerprint density at radius 3 is 2.60 bits per heavy atom. The Morgan fingerprint density at radius 1 is 1.33 bits per heavy atom. The summed E-state index contributed by atoms with van der Waals surface area (Å²) in [6.45, 7) is 0.692. The van der Waals surface area contributed by atoms with Gasteiger partial charge in [-0.25, -0.2) is 0 Å². The molecule has 2 atom stereocenters. The van der Waals surface area contributed by atoms with Gasteiger partial charge in [0.05, 0.1) is 6.10 Å². The van der Waals surface area contributed by atoms with Crippen molar-refractivity contribution >= 4 is 0 Å². The summed E-state index contributed by atoms with van der Waals surface area (Å²) in [6, 6.07) is -0.243. The van der Waals surface area contributed by atoms with Crippen LogP contribution >= 0.6 is 0 Å². The monoisotopic (exact) mass is 225 g/mol. The molecule has 0 radical (unpaired) electrons. The Morgan fingerprint density at radius 2 is 2.07 bits per heavy atom. The van der Waals surface area contributed by atoms with Crippen molar-refractivity contribution in [1.29, 1.82) is 0 Å². The molecule has 0 spiro atoms. The van der Waals surface area contributed by atoms with Gasteiger partial charge in [-0.15, -0.1) is 0 Å². The minimum Gasteiger partial charge on any atom is -0.377 e. The molecule has 1 aliphatic heterocycles. The van der Waals surface area contributed by atoms with Crippen LogP contribution in [0.1, 0.15) is 38.5 Å². The summed E-state index contributed by atoms with van der Waals surface area (Å²) in [5, 5.41) is 0. The van der Waals surface area contributed by atoms with Crippen LogP contribution < -0.4 is 5.73 Å². The van der Waals surface area contributed by atoms with Crippen LogP contribution in [0.2, 0.25) is 0 Å². The van der Waals surface area contributed by atoms with E-state index in [-0.39, 0.29) is 18.6 Å². The molecule has 0 amide bonds. The molecule has 2 N–H and O–H groups in total. The number of hydrogen-bond acceptors (Lipinski definition) is 2. The van der Waals surface area contributed by atoms with Crippen LogP contribution in [0, 0.1) is 0 Å². The maximum atomic E-state index is 11.9. The Labute approximate surface area is 88.0 Å². The van der Waals surface area contributed by atoms with E-state index in [2.05, 4.69) is 0 Å². The van der Waals surface area contributed by atoms with Gasteiger partial charge in [0.1, 0.15) is 0 Å². The molecule has 2 unspecified atom stereocenters. The highest BCUT2D eigenvalue weighted by atomic mass is 19.4. The SMILES string of the molecule is NC(CCCC(F)(F)F)C1CCCCO1. The van der Waals surface area contributed by atoms with Gasteiger partial charge >= 0.3 is 6.18 Å². The van der Waals surface area contributed by atoms with Crippen molar-refractivity contribution in [3.8, 4) is 0 Å². The van der Waals surface area contributed by atoms with Crippen LogP contribution in [0.25, 0.3) is 0 Å². The molecule has 0 aromatic rings. The maximum absolute atomic E-state index is 11.9. The second kappa shape index (κ2) is 5.70. The molecular formula is C10H18F3NO. The van der Waals surface area contributed by atoms with Crippen LogP contribution in [-0.2, 0) is 4.74 Å². The van der Waals surface area contributed by atoms with Crippen molar-refractivity contribution in [2.75, 3.05) is 6.61 Å². The summed E-state index contributed by atoms with van der Waals surface area (Å²) < 4.78 is 41.0. The van der Waals surface area contributed by atoms with Crippen molar-refractivity contribution in [3.63, 3.8) is 0 Å². The van der Waals surface area contributed by atoms with E-state index in [9.17, 15) is 13.2 Å². The molecule has 0 saturated carbocycles. The second-order valence-electron chi connectivity index (χ2n) is 4.08. The fourth-order valence-corrected chi connectivity index (χ4v) is 1.83. The lowest BCUT2D eigenvalue weighted by atomic mass is 9.98. The standard InChI is InChI=1S/C10H18F3NO/c11-10(12,13)6-3-4-8(14)9-5-1-2-7-15-9/h8-9H,1-7,14H2. The molecule has 90 valence electrons. The lowest BCUT2D eigenvalue weighted by Crippen LogP contribution is -2.39. The predicted molar refractivity (Wildman–Crippen MR) is 51.5 cm³/mol. The van der Waals surface area contributed by atoms with Gasteiger partial charge < -0.3 is 10.5 Å². The number of ether oxygens (including phenoxy) is 1. The summed E-state index contributed by atoms with van der Waals surface area (Å²) in [5.74, 6) is 0. The number of nitrogens with two attached hydrogens (primary N) is 1. The summed E-state index contributed by atoms with van der Waals surface area (Å²) >= 11 is 0. The van der Waals surface area contributed by atoms with Gasteiger partial charge in [0.2, 0.25) is 0 Å². The molecule has 1 rings (SSSR count). The molecule has 0 bridgehead atoms. The molecular weight excluding hydrogens is 207 g/mol. The molecule has 1 heterocycles. The molecule has 1 aliphatic rings. The van der Waals surface area contributed by atoms with E-state index in [0.29, 0.717) is 13.0 Å². The van der Waals surface area contributed by atoms with E-state index >= 15 is 0 Å². The Balaban J connectivity index is 2.14. The lowest BCUT2D eigenvalue weighted by molar-refractivity contribution is -0.136. The summed E-state index contributed by atoms with van der Waals surface area (Å²) in [6.07, 6.45) is -1.36. The quantitative estimate of drug-likeness (QED) is 0.798. The second-order valence-corrected chi connectivity index (χ2v) is 4.08. The van der Waals surface area contributed by atoms with Crippen LogP contribution in [0.4, 0.5) is 13.2 Å². The predicted octanol–water partition coefficient (Wildman–Crippen LogP) is 2.62. The van der Waals surface area contributed by atoms with Gasteiger partial charge in [-0.3, -0.25) is 0 Å². The van der Waals surface area contributed by atoms with Gasteiger partial charge in [-0.05, 0) is 32.1 Å². The zero-order valence-electron chi connectivity index (χ0n) is 8.72. The average Bonchev–Trinajstić information content (AvgIpc) is 2.17. The molecule has 2 nitrogen and oxygen atoms in total. The molecule has 1 fully saturated rings. The van der Waals surface area contributed by atoms with E-state index in [1.807, 2.05) is 0 Å². The Bertz CT molecular complexity index is 178. The highest BCUT2D eigenvalue weighted by Crippen LogP contribution is 2.24. The first kappa shape index (κ1) is 12.8. The van der Waals surface area contributed by atoms with E-state index < -0.39 is 12.6 Å². The van der Waals surface area contributed by atoms with E-state index in [1.54, 1.807) is 0 Å². The van der Waals surface area contributed by atoms with Gasteiger partial charge in [-0.1, -0.05) is 0 Å². The van der Waals surface area contributed by atoms with Gasteiger partial charge in [0, 0.05) is 19.1 Å². The van der Waals surface area contributed by atoms with Gasteiger partial charge in [0.15, 0.2) is 0 Å². The van der Waals surface area contributed by atoms with Crippen molar-refractivity contribution in [1.82, 2.24) is 0 Å². The molecule has 0 aliphatic carbocycles. The van der Waals surface area contributed by atoms with Crippen molar-refractivity contribution in [3.05, 3.63) is 0 Å². The van der Waals surface area contributed by atoms with Crippen molar-refractivity contribution in [2.24, 2.45) is 5.73 Å². The third kappa shape index (κ3) is 5.37. The molecule has 0 aromatic heterocycles. The highest BCUT2D eigenvalue weighted by molar-refractivity contribution is 4.76. The summed E-state index contributed by atoms with van der Waals surface area (Å²) in [7, 11) is 0. The third-order valence-corrected chi connectivity index (χ3v) is 2.69. The molecule has 0 aromatic carbocycles. The molecule has 1 saturated heterocycles. The van der Waals surface area contributed by atoms with Crippen LogP contribution in [0.5, 0.6) is 0 Å². The van der Waals surface area contributed by atoms with Crippen LogP contribution in [0.15, 0.2) is 0 Å². The minimum atomic E-state index is -4.06. The first-order valence-electron chi connectivity index (χ1n) is 5.43. The van der Waals surface area contributed by atoms with Crippen LogP contribution in [-0.4, -0.2) is 24.9 Å². The zero-order valence-corrected chi connectivity index (χ0v) is 8.72. The first-order chi connectivity index (χ1) is 6.99. The Kier molecular flexibility index (Phi) is 4.86. The number of alkyl halides is 3. The highest BCUT2D eigenvalue weighted by Gasteiger charge is 2.28. The topological polar surface area (TPSA) is 35.2 Å². The minimum absolute atomic E-state index is 0.0352. The fourth-order valence-electron chi connectivity index (χ4n) is 1.83. The third-order valence-electron chi connectivity index (χ3n) is 2.69. The fraction of sp³-hybridized carbons (Fsp3) is 1.00.